The molecular weight excluding hydrogens is 421 g/mol. The zero-order valence-electron chi connectivity index (χ0n) is 15.9. The Bertz CT molecular complexity index is 1020. The van der Waals surface area contributed by atoms with Crippen molar-refractivity contribution in [1.29, 1.82) is 0 Å². The molecule has 4 rings (SSSR count). The largest absolute Gasteiger partial charge is 0.673 e. The number of halogens is 4. The SMILES string of the molecule is CC[N+](CC)=c1sc2c(s1)C(c1ccccc1)Oc1ccccc1-2.F[B-](F)(F)F. The fourth-order valence-corrected chi connectivity index (χ4v) is 6.11. The Balaban J connectivity index is 0.000000431. The summed E-state index contributed by atoms with van der Waals surface area (Å²) >= 11 is 3.78. The maximum Gasteiger partial charge on any atom is 0.673 e. The first-order valence-corrected chi connectivity index (χ1v) is 10.8. The Morgan fingerprint density at radius 2 is 1.48 bits per heavy atom. The molecule has 0 saturated heterocycles. The lowest BCUT2D eigenvalue weighted by Crippen LogP contribution is -2.25. The van der Waals surface area contributed by atoms with Gasteiger partial charge in [0.25, 0.3) is 0 Å². The van der Waals surface area contributed by atoms with Crippen LogP contribution in [0.25, 0.3) is 10.4 Å². The Hall–Kier alpha value is -2.13. The molecule has 0 aliphatic carbocycles. The van der Waals surface area contributed by atoms with E-state index in [1.165, 1.54) is 24.9 Å². The summed E-state index contributed by atoms with van der Waals surface area (Å²) in [7, 11) is -6.00. The normalized spacial score (nSPS) is 14.8. The summed E-state index contributed by atoms with van der Waals surface area (Å²) < 4.78 is 49.2. The van der Waals surface area contributed by atoms with Gasteiger partial charge in [-0.2, -0.15) is 0 Å². The Morgan fingerprint density at radius 3 is 2.10 bits per heavy atom. The molecule has 0 amide bonds. The monoisotopic (exact) mass is 441 g/mol. The molecule has 154 valence electrons. The minimum absolute atomic E-state index is 0.0123. The standard InChI is InChI=1S/C20H20NOS2.BF4/c1-3-21(4-2)20-23-18-15-12-8-9-13-16(15)22-17(19(18)24-20)14-10-6-5-7-11-14;2-1(3,4)5/h5-13,17H,3-4H2,1-2H3;/q+1;-1. The van der Waals surface area contributed by atoms with E-state index in [9.17, 15) is 17.3 Å². The molecule has 29 heavy (non-hydrogen) atoms. The smallest absolute Gasteiger partial charge is 0.479 e. The van der Waals surface area contributed by atoms with Crippen molar-refractivity contribution in [1.82, 2.24) is 4.58 Å². The molecule has 1 aromatic heterocycles. The summed E-state index contributed by atoms with van der Waals surface area (Å²) in [5.74, 6) is 0.985. The maximum atomic E-state index is 9.75. The van der Waals surface area contributed by atoms with Crippen LogP contribution in [0.2, 0.25) is 0 Å². The van der Waals surface area contributed by atoms with E-state index in [1.54, 1.807) is 0 Å². The number of rotatable bonds is 3. The lowest BCUT2D eigenvalue weighted by molar-refractivity contribution is 0.248. The van der Waals surface area contributed by atoms with Gasteiger partial charge in [-0.25, -0.2) is 4.58 Å². The molecular formula is C20H20BF4NOS2. The minimum atomic E-state index is -6.00. The molecule has 3 aromatic rings. The van der Waals surface area contributed by atoms with Crippen LogP contribution in [0.4, 0.5) is 17.3 Å². The van der Waals surface area contributed by atoms with Crippen molar-refractivity contribution >= 4 is 29.9 Å². The molecule has 0 fully saturated rings. The number of benzene rings is 2. The molecule has 0 saturated carbocycles. The third-order valence-corrected chi connectivity index (χ3v) is 7.13. The van der Waals surface area contributed by atoms with Crippen LogP contribution in [0.15, 0.2) is 54.6 Å². The van der Waals surface area contributed by atoms with E-state index in [0.29, 0.717) is 0 Å². The van der Waals surface area contributed by atoms with Gasteiger partial charge < -0.3 is 22.0 Å². The third kappa shape index (κ3) is 5.28. The van der Waals surface area contributed by atoms with Crippen LogP contribution in [0.1, 0.15) is 30.4 Å². The van der Waals surface area contributed by atoms with E-state index in [2.05, 4.69) is 67.0 Å². The van der Waals surface area contributed by atoms with Gasteiger partial charge in [0, 0.05) is 5.56 Å². The van der Waals surface area contributed by atoms with Crippen molar-refractivity contribution in [3.63, 3.8) is 0 Å². The molecule has 0 N–H and O–H groups in total. The van der Waals surface area contributed by atoms with Gasteiger partial charge in [0.15, 0.2) is 6.10 Å². The van der Waals surface area contributed by atoms with E-state index in [4.69, 9.17) is 4.74 Å². The number of nitrogens with zero attached hydrogens (tertiary/aromatic N) is 1. The average molecular weight is 441 g/mol. The molecule has 2 heterocycles. The summed E-state index contributed by atoms with van der Waals surface area (Å²) in [6, 6.07) is 18.9. The lowest BCUT2D eigenvalue weighted by Gasteiger charge is -2.25. The molecule has 1 aliphatic heterocycles. The predicted octanol–water partition coefficient (Wildman–Crippen LogP) is 6.07. The van der Waals surface area contributed by atoms with Crippen molar-refractivity contribution in [3.05, 3.63) is 69.0 Å². The molecule has 1 unspecified atom stereocenters. The Morgan fingerprint density at radius 1 is 0.897 bits per heavy atom. The van der Waals surface area contributed by atoms with Gasteiger partial charge in [0.05, 0.1) is 9.75 Å². The lowest BCUT2D eigenvalue weighted by atomic mass is 10.0. The number of hydrogen-bond acceptors (Lipinski definition) is 3. The average Bonchev–Trinajstić information content (AvgIpc) is 3.13. The van der Waals surface area contributed by atoms with Gasteiger partial charge in [-0.1, -0.05) is 65.1 Å². The van der Waals surface area contributed by atoms with E-state index in [0.717, 1.165) is 18.8 Å². The quantitative estimate of drug-likeness (QED) is 0.273. The zero-order valence-corrected chi connectivity index (χ0v) is 17.6. The fraction of sp³-hybridized carbons (Fsp3) is 0.250. The highest BCUT2D eigenvalue weighted by Crippen LogP contribution is 2.47. The first kappa shape index (κ1) is 21.6. The van der Waals surface area contributed by atoms with Crippen LogP contribution in [0, 0.1) is 0 Å². The highest BCUT2D eigenvalue weighted by molar-refractivity contribution is 7.29. The van der Waals surface area contributed by atoms with Gasteiger partial charge in [0.2, 0.25) is 0 Å². The van der Waals surface area contributed by atoms with Crippen molar-refractivity contribution in [2.75, 3.05) is 13.1 Å². The van der Waals surface area contributed by atoms with Gasteiger partial charge in [0.1, 0.15) is 18.8 Å². The van der Waals surface area contributed by atoms with Crippen LogP contribution < -0.4 is 13.3 Å². The van der Waals surface area contributed by atoms with E-state index >= 15 is 0 Å². The molecule has 2 nitrogen and oxygen atoms in total. The predicted molar refractivity (Wildman–Crippen MR) is 113 cm³/mol. The molecule has 2 aromatic carbocycles. The van der Waals surface area contributed by atoms with E-state index in [-0.39, 0.29) is 6.10 Å². The van der Waals surface area contributed by atoms with Crippen molar-refractivity contribution in [2.24, 2.45) is 0 Å². The van der Waals surface area contributed by atoms with Crippen molar-refractivity contribution in [3.8, 4) is 16.2 Å². The van der Waals surface area contributed by atoms with Crippen LogP contribution >= 0.6 is 22.7 Å². The van der Waals surface area contributed by atoms with Crippen molar-refractivity contribution < 1.29 is 22.0 Å². The molecule has 9 heteroatoms. The highest BCUT2D eigenvalue weighted by atomic mass is 32.2. The fourth-order valence-electron chi connectivity index (χ4n) is 3.05. The zero-order chi connectivity index (χ0) is 21.0. The van der Waals surface area contributed by atoms with E-state index in [1.807, 2.05) is 28.7 Å². The van der Waals surface area contributed by atoms with E-state index < -0.39 is 7.25 Å². The summed E-state index contributed by atoms with van der Waals surface area (Å²) in [4.78, 5) is 2.68. The first-order valence-electron chi connectivity index (χ1n) is 9.21. The summed E-state index contributed by atoms with van der Waals surface area (Å²) in [5, 5.41) is 0. The van der Waals surface area contributed by atoms with Gasteiger partial charge in [-0.15, -0.1) is 0 Å². The second-order valence-electron chi connectivity index (χ2n) is 6.24. The number of fused-ring (bicyclic) bond motifs is 3. The van der Waals surface area contributed by atoms with Crippen molar-refractivity contribution in [2.45, 2.75) is 20.0 Å². The summed E-state index contributed by atoms with van der Waals surface area (Å²) in [6.45, 7) is 6.50. The van der Waals surface area contributed by atoms with Gasteiger partial charge in [-0.3, -0.25) is 0 Å². The summed E-state index contributed by atoms with van der Waals surface area (Å²) in [6.07, 6.45) is -0.0123. The number of hydrogen-bond donors (Lipinski definition) is 0. The molecule has 0 radical (unpaired) electrons. The molecule has 0 spiro atoms. The van der Waals surface area contributed by atoms with Gasteiger partial charge >= 0.3 is 11.2 Å². The van der Waals surface area contributed by atoms with Crippen LogP contribution in [-0.4, -0.2) is 20.3 Å². The van der Waals surface area contributed by atoms with Crippen LogP contribution in [0.5, 0.6) is 5.75 Å². The Kier molecular flexibility index (Phi) is 6.79. The number of ether oxygens (including phenoxy) is 1. The molecule has 1 aliphatic rings. The second-order valence-corrected chi connectivity index (χ2v) is 8.52. The van der Waals surface area contributed by atoms with Crippen LogP contribution in [-0.2, 0) is 0 Å². The van der Waals surface area contributed by atoms with Gasteiger partial charge in [-0.05, 0) is 31.5 Å². The first-order chi connectivity index (χ1) is 13.8. The second kappa shape index (κ2) is 9.13. The molecule has 1 atom stereocenters. The maximum absolute atomic E-state index is 9.75. The van der Waals surface area contributed by atoms with Crippen LogP contribution in [0.3, 0.4) is 0 Å². The molecule has 0 bridgehead atoms. The topological polar surface area (TPSA) is 12.2 Å². The summed E-state index contributed by atoms with van der Waals surface area (Å²) in [5.41, 5.74) is 2.44. The number of para-hydroxylation sites is 1. The third-order valence-electron chi connectivity index (χ3n) is 4.35. The Labute approximate surface area is 174 Å². The minimum Gasteiger partial charge on any atom is -0.479 e. The highest BCUT2D eigenvalue weighted by Gasteiger charge is 2.31.